The van der Waals surface area contributed by atoms with Crippen molar-refractivity contribution in [3.63, 3.8) is 0 Å². The maximum absolute atomic E-state index is 11.5. The van der Waals surface area contributed by atoms with E-state index in [9.17, 15) is 4.79 Å². The van der Waals surface area contributed by atoms with E-state index in [4.69, 9.17) is 17.3 Å². The highest BCUT2D eigenvalue weighted by Crippen LogP contribution is 2.19. The summed E-state index contributed by atoms with van der Waals surface area (Å²) in [6, 6.07) is 5.39. The zero-order chi connectivity index (χ0) is 12.0. The molecule has 0 bridgehead atoms. The molecular weight excluding hydrogens is 244 g/mol. The molecule has 0 radical (unpaired) electrons. The van der Waals surface area contributed by atoms with Gasteiger partial charge in [0.2, 0.25) is 5.91 Å². The van der Waals surface area contributed by atoms with Crippen molar-refractivity contribution in [2.75, 3.05) is 23.4 Å². The van der Waals surface area contributed by atoms with Gasteiger partial charge in [0, 0.05) is 23.0 Å². The Bertz CT molecular complexity index is 371. The van der Waals surface area contributed by atoms with E-state index in [0.717, 1.165) is 17.0 Å². The number of hydrogen-bond acceptors (Lipinski definition) is 3. The Morgan fingerprint density at radius 2 is 2.31 bits per heavy atom. The van der Waals surface area contributed by atoms with E-state index in [0.29, 0.717) is 17.3 Å². The molecule has 0 aliphatic carbocycles. The summed E-state index contributed by atoms with van der Waals surface area (Å²) in [5.74, 6) is 1.22. The lowest BCUT2D eigenvalue weighted by Crippen LogP contribution is -2.16. The van der Waals surface area contributed by atoms with E-state index in [1.807, 2.05) is 19.1 Å². The molecule has 1 rings (SSSR count). The topological polar surface area (TPSA) is 55.1 Å². The molecule has 0 saturated carbocycles. The molecule has 1 amide bonds. The standard InChI is InChI=1S/C11H15ClN2OS/c1-8-6-9(12)2-3-10(8)14-11(15)7-16-5-4-13/h2-3,6H,4-5,7,13H2,1H3,(H,14,15). The summed E-state index contributed by atoms with van der Waals surface area (Å²) < 4.78 is 0. The average Bonchev–Trinajstić information content (AvgIpc) is 2.23. The molecule has 1 aromatic carbocycles. The van der Waals surface area contributed by atoms with Crippen molar-refractivity contribution in [1.29, 1.82) is 0 Å². The van der Waals surface area contributed by atoms with Crippen LogP contribution in [0.1, 0.15) is 5.56 Å². The highest BCUT2D eigenvalue weighted by atomic mass is 35.5. The number of halogens is 1. The van der Waals surface area contributed by atoms with E-state index in [-0.39, 0.29) is 5.91 Å². The molecule has 0 atom stereocenters. The normalized spacial score (nSPS) is 10.2. The van der Waals surface area contributed by atoms with Crippen molar-refractivity contribution < 1.29 is 4.79 Å². The maximum Gasteiger partial charge on any atom is 0.234 e. The minimum atomic E-state index is -0.0103. The number of benzene rings is 1. The first-order valence-electron chi connectivity index (χ1n) is 4.97. The van der Waals surface area contributed by atoms with Crippen LogP contribution in [0.5, 0.6) is 0 Å². The number of aryl methyl sites for hydroxylation is 1. The van der Waals surface area contributed by atoms with E-state index < -0.39 is 0 Å². The van der Waals surface area contributed by atoms with Gasteiger partial charge in [0.1, 0.15) is 0 Å². The molecular formula is C11H15ClN2OS. The summed E-state index contributed by atoms with van der Waals surface area (Å²) in [5, 5.41) is 3.51. The summed E-state index contributed by atoms with van der Waals surface area (Å²) in [6.07, 6.45) is 0. The van der Waals surface area contributed by atoms with Crippen LogP contribution in [-0.4, -0.2) is 24.0 Å². The second-order valence-electron chi connectivity index (χ2n) is 3.35. The van der Waals surface area contributed by atoms with Crippen LogP contribution in [0.15, 0.2) is 18.2 Å². The Kier molecular flexibility index (Phi) is 5.66. The van der Waals surface area contributed by atoms with E-state index >= 15 is 0 Å². The molecule has 5 heteroatoms. The van der Waals surface area contributed by atoms with Gasteiger partial charge >= 0.3 is 0 Å². The Balaban J connectivity index is 2.49. The second kappa shape index (κ2) is 6.78. The fraction of sp³-hybridized carbons (Fsp3) is 0.364. The minimum Gasteiger partial charge on any atom is -0.330 e. The van der Waals surface area contributed by atoms with Crippen molar-refractivity contribution in [2.24, 2.45) is 5.73 Å². The summed E-state index contributed by atoms with van der Waals surface area (Å²) >= 11 is 7.35. The van der Waals surface area contributed by atoms with Gasteiger partial charge in [0.05, 0.1) is 5.75 Å². The van der Waals surface area contributed by atoms with Gasteiger partial charge < -0.3 is 11.1 Å². The first-order chi connectivity index (χ1) is 7.63. The summed E-state index contributed by atoms with van der Waals surface area (Å²) in [4.78, 5) is 11.5. The number of rotatable bonds is 5. The van der Waals surface area contributed by atoms with E-state index in [1.54, 1.807) is 6.07 Å². The molecule has 0 heterocycles. The van der Waals surface area contributed by atoms with Crippen LogP contribution < -0.4 is 11.1 Å². The van der Waals surface area contributed by atoms with Gasteiger partial charge in [-0.1, -0.05) is 11.6 Å². The summed E-state index contributed by atoms with van der Waals surface area (Å²) in [7, 11) is 0. The number of nitrogens with two attached hydrogens (primary N) is 1. The fourth-order valence-electron chi connectivity index (χ4n) is 1.20. The summed E-state index contributed by atoms with van der Waals surface area (Å²) in [6.45, 7) is 2.51. The van der Waals surface area contributed by atoms with Crippen molar-refractivity contribution in [3.05, 3.63) is 28.8 Å². The predicted octanol–water partition coefficient (Wildman–Crippen LogP) is 2.28. The summed E-state index contributed by atoms with van der Waals surface area (Å²) in [5.41, 5.74) is 7.11. The van der Waals surface area contributed by atoms with Crippen molar-refractivity contribution in [2.45, 2.75) is 6.92 Å². The Morgan fingerprint density at radius 1 is 1.56 bits per heavy atom. The molecule has 16 heavy (non-hydrogen) atoms. The van der Waals surface area contributed by atoms with Crippen molar-refractivity contribution in [1.82, 2.24) is 0 Å². The molecule has 0 aromatic heterocycles. The maximum atomic E-state index is 11.5. The Hall–Kier alpha value is -0.710. The van der Waals surface area contributed by atoms with Gasteiger partial charge in [-0.15, -0.1) is 0 Å². The van der Waals surface area contributed by atoms with Crippen LogP contribution in [0.4, 0.5) is 5.69 Å². The molecule has 3 N–H and O–H groups in total. The first kappa shape index (κ1) is 13.4. The van der Waals surface area contributed by atoms with Gasteiger partial charge in [-0.05, 0) is 30.7 Å². The lowest BCUT2D eigenvalue weighted by atomic mass is 10.2. The monoisotopic (exact) mass is 258 g/mol. The largest absolute Gasteiger partial charge is 0.330 e. The van der Waals surface area contributed by atoms with Crippen LogP contribution in [0.3, 0.4) is 0 Å². The van der Waals surface area contributed by atoms with Crippen molar-refractivity contribution >= 4 is 35.0 Å². The lowest BCUT2D eigenvalue weighted by Gasteiger charge is -2.08. The van der Waals surface area contributed by atoms with Crippen LogP contribution in [-0.2, 0) is 4.79 Å². The van der Waals surface area contributed by atoms with Crippen LogP contribution in [0, 0.1) is 6.92 Å². The number of amides is 1. The molecule has 1 aromatic rings. The fourth-order valence-corrected chi connectivity index (χ4v) is 2.00. The smallest absolute Gasteiger partial charge is 0.234 e. The molecule has 0 aliphatic heterocycles. The van der Waals surface area contributed by atoms with Crippen LogP contribution in [0.25, 0.3) is 0 Å². The zero-order valence-electron chi connectivity index (χ0n) is 9.13. The Labute approximate surface area is 105 Å². The third kappa shape index (κ3) is 4.43. The SMILES string of the molecule is Cc1cc(Cl)ccc1NC(=O)CSCCN. The number of anilines is 1. The highest BCUT2D eigenvalue weighted by molar-refractivity contribution is 7.99. The predicted molar refractivity (Wildman–Crippen MR) is 71.2 cm³/mol. The second-order valence-corrected chi connectivity index (χ2v) is 4.89. The number of nitrogens with one attached hydrogen (secondary N) is 1. The number of thioether (sulfide) groups is 1. The van der Waals surface area contributed by atoms with E-state index in [1.165, 1.54) is 11.8 Å². The highest BCUT2D eigenvalue weighted by Gasteiger charge is 2.04. The third-order valence-electron chi connectivity index (χ3n) is 1.96. The molecule has 0 unspecified atom stereocenters. The van der Waals surface area contributed by atoms with Gasteiger partial charge in [-0.3, -0.25) is 4.79 Å². The van der Waals surface area contributed by atoms with Crippen LogP contribution >= 0.6 is 23.4 Å². The molecule has 3 nitrogen and oxygen atoms in total. The van der Waals surface area contributed by atoms with E-state index in [2.05, 4.69) is 5.32 Å². The first-order valence-corrected chi connectivity index (χ1v) is 6.50. The minimum absolute atomic E-state index is 0.0103. The average molecular weight is 259 g/mol. The Morgan fingerprint density at radius 3 is 2.94 bits per heavy atom. The van der Waals surface area contributed by atoms with Gasteiger partial charge in [-0.25, -0.2) is 0 Å². The lowest BCUT2D eigenvalue weighted by molar-refractivity contribution is -0.113. The third-order valence-corrected chi connectivity index (χ3v) is 3.18. The number of hydrogen-bond donors (Lipinski definition) is 2. The van der Waals surface area contributed by atoms with Gasteiger partial charge in [-0.2, -0.15) is 11.8 Å². The number of carbonyl (C=O) groups is 1. The van der Waals surface area contributed by atoms with Gasteiger partial charge in [0.25, 0.3) is 0 Å². The number of carbonyl (C=O) groups excluding carboxylic acids is 1. The van der Waals surface area contributed by atoms with Crippen LogP contribution in [0.2, 0.25) is 5.02 Å². The molecule has 88 valence electrons. The molecule has 0 fully saturated rings. The molecule has 0 saturated heterocycles. The van der Waals surface area contributed by atoms with Gasteiger partial charge in [0.15, 0.2) is 0 Å². The van der Waals surface area contributed by atoms with Crippen molar-refractivity contribution in [3.8, 4) is 0 Å². The molecule has 0 spiro atoms. The molecule has 0 aliphatic rings. The zero-order valence-corrected chi connectivity index (χ0v) is 10.7. The quantitative estimate of drug-likeness (QED) is 0.797.